The first-order valence-corrected chi connectivity index (χ1v) is 16.6. The highest BCUT2D eigenvalue weighted by atomic mass is 32.2. The van der Waals surface area contributed by atoms with Crippen LogP contribution < -0.4 is 19.7 Å². The molecule has 0 radical (unpaired) electrons. The summed E-state index contributed by atoms with van der Waals surface area (Å²) in [4.78, 5) is 30.6. The van der Waals surface area contributed by atoms with Crippen molar-refractivity contribution < 1.29 is 50.5 Å². The van der Waals surface area contributed by atoms with Crippen molar-refractivity contribution in [2.75, 3.05) is 31.3 Å². The van der Waals surface area contributed by atoms with Gasteiger partial charge in [0.05, 0.1) is 29.1 Å². The van der Waals surface area contributed by atoms with E-state index in [-0.39, 0.29) is 55.2 Å². The Labute approximate surface area is 275 Å². The van der Waals surface area contributed by atoms with Gasteiger partial charge in [-0.3, -0.25) is 9.69 Å². The van der Waals surface area contributed by atoms with Gasteiger partial charge in [-0.15, -0.1) is 0 Å². The minimum absolute atomic E-state index is 0.0378. The van der Waals surface area contributed by atoms with E-state index in [9.17, 15) is 36.3 Å². The van der Waals surface area contributed by atoms with Crippen molar-refractivity contribution in [1.29, 1.82) is 0 Å². The van der Waals surface area contributed by atoms with Crippen LogP contribution in [0.1, 0.15) is 31.4 Å². The summed E-state index contributed by atoms with van der Waals surface area (Å²) < 4.78 is 83.8. The highest BCUT2D eigenvalue weighted by Gasteiger charge is 2.40. The fraction of sp³-hybridized carbons (Fsp3) is 0.406. The number of aliphatic hydroxyl groups is 1. The Morgan fingerprint density at radius 2 is 1.83 bits per heavy atom. The number of carbonyl (C=O) groups is 2. The molecular formula is C32H35F3N4O8S. The van der Waals surface area contributed by atoms with Gasteiger partial charge < -0.3 is 24.6 Å². The molecule has 0 bridgehead atoms. The molecule has 1 saturated heterocycles. The zero-order valence-corrected chi connectivity index (χ0v) is 26.9. The van der Waals surface area contributed by atoms with Crippen molar-refractivity contribution in [2.45, 2.75) is 56.0 Å². The fourth-order valence-corrected chi connectivity index (χ4v) is 6.79. The molecule has 1 unspecified atom stereocenters. The molecule has 258 valence electrons. The summed E-state index contributed by atoms with van der Waals surface area (Å²) in [6.45, 7) is 3.09. The van der Waals surface area contributed by atoms with Crippen LogP contribution in [0.15, 0.2) is 71.8 Å². The lowest BCUT2D eigenvalue weighted by Crippen LogP contribution is -2.53. The highest BCUT2D eigenvalue weighted by molar-refractivity contribution is 7.89. The van der Waals surface area contributed by atoms with Crippen LogP contribution in [0.5, 0.6) is 11.5 Å². The number of amides is 2. The van der Waals surface area contributed by atoms with E-state index in [1.807, 2.05) is 13.8 Å². The maximum Gasteiger partial charge on any atom is 0.417 e. The van der Waals surface area contributed by atoms with Crippen LogP contribution >= 0.6 is 0 Å². The third-order valence-corrected chi connectivity index (χ3v) is 9.96. The number of pyridine rings is 1. The maximum atomic E-state index is 13.9. The number of aromatic nitrogens is 1. The molecule has 12 nitrogen and oxygen atoms in total. The van der Waals surface area contributed by atoms with E-state index in [0.29, 0.717) is 18.4 Å². The maximum absolute atomic E-state index is 13.9. The Bertz CT molecular complexity index is 1710. The largest absolute Gasteiger partial charge is 0.454 e. The molecule has 3 heterocycles. The predicted molar refractivity (Wildman–Crippen MR) is 166 cm³/mol. The minimum atomic E-state index is -4.62. The summed E-state index contributed by atoms with van der Waals surface area (Å²) in [5.41, 5.74) is -0.276. The lowest BCUT2D eigenvalue weighted by Gasteiger charge is -2.31. The lowest BCUT2D eigenvalue weighted by atomic mass is 10.0. The van der Waals surface area contributed by atoms with Crippen molar-refractivity contribution in [3.05, 3.63) is 78.0 Å². The average molecular weight is 693 g/mol. The Hall–Kier alpha value is -4.41. The number of halogens is 3. The molecule has 16 heteroatoms. The number of carbonyl (C=O) groups excluding carboxylic acids is 2. The van der Waals surface area contributed by atoms with E-state index in [2.05, 4.69) is 10.3 Å². The second kappa shape index (κ2) is 14.4. The van der Waals surface area contributed by atoms with E-state index in [1.54, 1.807) is 30.3 Å². The van der Waals surface area contributed by atoms with Gasteiger partial charge in [0.15, 0.2) is 17.6 Å². The molecule has 3 aromatic rings. The number of aliphatic hydroxyl groups excluding tert-OH is 1. The molecule has 2 aliphatic heterocycles. The zero-order chi connectivity index (χ0) is 34.6. The Balaban J connectivity index is 1.35. The van der Waals surface area contributed by atoms with Gasteiger partial charge in [-0.2, -0.15) is 17.5 Å². The van der Waals surface area contributed by atoms with Gasteiger partial charge in [0.2, 0.25) is 16.8 Å². The number of nitrogens with one attached hydrogen (secondary N) is 1. The summed E-state index contributed by atoms with van der Waals surface area (Å²) in [6.07, 6.45) is -7.10. The normalized spacial score (nSPS) is 18.0. The van der Waals surface area contributed by atoms with Crippen molar-refractivity contribution in [1.82, 2.24) is 14.6 Å². The number of ether oxygens (including phenoxy) is 3. The third-order valence-electron chi connectivity index (χ3n) is 8.13. The quantitative estimate of drug-likeness (QED) is 0.272. The van der Waals surface area contributed by atoms with Crippen molar-refractivity contribution in [3.63, 3.8) is 0 Å². The SMILES string of the molecule is CC[C@@H](C)CN(C[C@@H](O)C(Cc1ccccc1)NC(=O)[C@@H]1CN(c2ccc(C(F)(F)F)cn2)C(=O)O1)S(=O)(=O)c1ccc2c(c1)OCO2. The molecule has 2 N–H and O–H groups in total. The van der Waals surface area contributed by atoms with Crippen molar-refractivity contribution >= 4 is 27.8 Å². The van der Waals surface area contributed by atoms with E-state index in [1.165, 1.54) is 22.5 Å². The number of sulfonamides is 1. The average Bonchev–Trinajstić information content (AvgIpc) is 3.70. The van der Waals surface area contributed by atoms with Crippen molar-refractivity contribution in [2.24, 2.45) is 5.92 Å². The summed E-state index contributed by atoms with van der Waals surface area (Å²) in [6, 6.07) is 13.9. The number of hydrogen-bond donors (Lipinski definition) is 2. The van der Waals surface area contributed by atoms with E-state index in [4.69, 9.17) is 14.2 Å². The van der Waals surface area contributed by atoms with Gasteiger partial charge in [-0.05, 0) is 42.2 Å². The second-order valence-corrected chi connectivity index (χ2v) is 13.5. The smallest absolute Gasteiger partial charge is 0.417 e. The second-order valence-electron chi connectivity index (χ2n) is 11.6. The summed E-state index contributed by atoms with van der Waals surface area (Å²) in [7, 11) is -4.16. The number of hydrogen-bond acceptors (Lipinski definition) is 9. The van der Waals surface area contributed by atoms with Crippen molar-refractivity contribution in [3.8, 4) is 11.5 Å². The van der Waals surface area contributed by atoms with Crippen LogP contribution in [0.25, 0.3) is 0 Å². The first-order valence-electron chi connectivity index (χ1n) is 15.2. The first-order chi connectivity index (χ1) is 22.8. The van der Waals surface area contributed by atoms with Gasteiger partial charge in [-0.1, -0.05) is 50.6 Å². The predicted octanol–water partition coefficient (Wildman–Crippen LogP) is 3.98. The zero-order valence-electron chi connectivity index (χ0n) is 26.1. The number of alkyl halides is 3. The molecule has 0 aliphatic carbocycles. The number of fused-ring (bicyclic) bond motifs is 1. The van der Waals surface area contributed by atoms with Crippen LogP contribution in [-0.4, -0.2) is 79.5 Å². The molecule has 0 spiro atoms. The molecule has 2 aromatic carbocycles. The number of benzene rings is 2. The van der Waals surface area contributed by atoms with Gasteiger partial charge in [0, 0.05) is 25.4 Å². The molecule has 2 amide bonds. The summed E-state index contributed by atoms with van der Waals surface area (Å²) in [5.74, 6) is -0.316. The first kappa shape index (κ1) is 34.9. The number of rotatable bonds is 13. The number of anilines is 1. The summed E-state index contributed by atoms with van der Waals surface area (Å²) >= 11 is 0. The summed E-state index contributed by atoms with van der Waals surface area (Å²) in [5, 5.41) is 14.3. The van der Waals surface area contributed by atoms with Crippen LogP contribution in [0.3, 0.4) is 0 Å². The standard InChI is InChI=1S/C32H35F3N4O8S/c1-3-20(2)16-38(48(43,44)23-10-11-26-27(14-23)46-19-45-26)17-25(40)24(13-21-7-5-4-6-8-21)37-30(41)28-18-39(31(42)47-28)29-12-9-22(15-36-29)32(33,34)35/h4-12,14-15,20,24-25,28,40H,3,13,16-19H2,1-2H3,(H,37,41)/t20-,24?,25-,28+/m1/s1. The number of nitrogens with zero attached hydrogens (tertiary/aromatic N) is 3. The molecule has 1 fully saturated rings. The Morgan fingerprint density at radius 1 is 1.10 bits per heavy atom. The van der Waals surface area contributed by atoms with E-state index in [0.717, 1.165) is 22.6 Å². The van der Waals surface area contributed by atoms with Crippen LogP contribution in [-0.2, 0) is 32.2 Å². The minimum Gasteiger partial charge on any atom is -0.454 e. The van der Waals surface area contributed by atoms with Crippen LogP contribution in [0, 0.1) is 5.92 Å². The molecular weight excluding hydrogens is 657 g/mol. The molecule has 1 aromatic heterocycles. The Kier molecular flexibility index (Phi) is 10.5. The molecule has 0 saturated carbocycles. The topological polar surface area (TPSA) is 148 Å². The highest BCUT2D eigenvalue weighted by Crippen LogP contribution is 2.35. The number of cyclic esters (lactones) is 1. The third kappa shape index (κ3) is 7.99. The van der Waals surface area contributed by atoms with Crippen LogP contribution in [0.2, 0.25) is 0 Å². The molecule has 4 atom stereocenters. The fourth-order valence-electron chi connectivity index (χ4n) is 5.20. The molecule has 5 rings (SSSR count). The Morgan fingerprint density at radius 3 is 2.50 bits per heavy atom. The van der Waals surface area contributed by atoms with E-state index >= 15 is 0 Å². The van der Waals surface area contributed by atoms with Gasteiger partial charge in [0.1, 0.15) is 5.82 Å². The van der Waals surface area contributed by atoms with Gasteiger partial charge in [0.25, 0.3) is 5.91 Å². The molecule has 2 aliphatic rings. The van der Waals surface area contributed by atoms with Gasteiger partial charge >= 0.3 is 12.3 Å². The molecule has 48 heavy (non-hydrogen) atoms. The lowest BCUT2D eigenvalue weighted by molar-refractivity contribution is -0.137. The van der Waals surface area contributed by atoms with Gasteiger partial charge in [-0.25, -0.2) is 18.2 Å². The van der Waals surface area contributed by atoms with E-state index < -0.39 is 52.0 Å². The van der Waals surface area contributed by atoms with Crippen LogP contribution in [0.4, 0.5) is 23.8 Å². The monoisotopic (exact) mass is 692 g/mol.